The summed E-state index contributed by atoms with van der Waals surface area (Å²) in [6, 6.07) is 2.20. The Morgan fingerprint density at radius 2 is 2.15 bits per heavy atom. The maximum Gasteiger partial charge on any atom is 0.0865 e. The van der Waals surface area contributed by atoms with E-state index in [9.17, 15) is 0 Å². The lowest BCUT2D eigenvalue weighted by Gasteiger charge is -2.27. The van der Waals surface area contributed by atoms with Gasteiger partial charge in [0.25, 0.3) is 0 Å². The van der Waals surface area contributed by atoms with Crippen LogP contribution in [-0.4, -0.2) is 37.7 Å². The highest BCUT2D eigenvalue weighted by atomic mass is 16.5. The molecule has 0 N–H and O–H groups in total. The molecular formula is C10H18N2O. The highest BCUT2D eigenvalue weighted by Crippen LogP contribution is 2.15. The van der Waals surface area contributed by atoms with Crippen LogP contribution in [0.25, 0.3) is 0 Å². The number of ether oxygens (including phenoxy) is 1. The lowest BCUT2D eigenvalue weighted by molar-refractivity contribution is 0.0548. The van der Waals surface area contributed by atoms with Crippen molar-refractivity contribution in [2.75, 3.05) is 32.8 Å². The van der Waals surface area contributed by atoms with E-state index in [0.717, 1.165) is 45.1 Å². The van der Waals surface area contributed by atoms with Crippen molar-refractivity contribution in [3.05, 3.63) is 0 Å². The maximum absolute atomic E-state index is 8.58. The van der Waals surface area contributed by atoms with E-state index in [1.54, 1.807) is 0 Å². The van der Waals surface area contributed by atoms with Gasteiger partial charge in [0.05, 0.1) is 12.6 Å². The second-order valence-electron chi connectivity index (χ2n) is 3.54. The minimum absolute atomic E-state index is 0.563. The third kappa shape index (κ3) is 3.75. The molecule has 0 radical (unpaired) electrons. The molecule has 13 heavy (non-hydrogen) atoms. The van der Waals surface area contributed by atoms with Gasteiger partial charge in [0.2, 0.25) is 0 Å². The van der Waals surface area contributed by atoms with Gasteiger partial charge in [-0.25, -0.2) is 0 Å². The predicted octanol–water partition coefficient (Wildman–Crippen LogP) is 1.26. The van der Waals surface area contributed by atoms with Gasteiger partial charge in [-0.2, -0.15) is 5.26 Å². The second-order valence-corrected chi connectivity index (χ2v) is 3.54. The van der Waals surface area contributed by atoms with Crippen LogP contribution in [0.3, 0.4) is 0 Å². The first kappa shape index (κ1) is 10.5. The van der Waals surface area contributed by atoms with Crippen LogP contribution in [0.2, 0.25) is 0 Å². The lowest BCUT2D eigenvalue weighted by atomic mass is 10.00. The third-order valence-corrected chi connectivity index (χ3v) is 2.60. The molecule has 0 unspecified atom stereocenters. The minimum Gasteiger partial charge on any atom is -0.381 e. The Labute approximate surface area is 80.3 Å². The van der Waals surface area contributed by atoms with Gasteiger partial charge in [0, 0.05) is 19.8 Å². The van der Waals surface area contributed by atoms with Crippen molar-refractivity contribution in [3.63, 3.8) is 0 Å². The average Bonchev–Trinajstić information content (AvgIpc) is 2.19. The Hall–Kier alpha value is -0.590. The highest BCUT2D eigenvalue weighted by molar-refractivity contribution is 4.78. The van der Waals surface area contributed by atoms with Crippen LogP contribution in [-0.2, 0) is 4.74 Å². The maximum atomic E-state index is 8.58. The van der Waals surface area contributed by atoms with Crippen LogP contribution >= 0.6 is 0 Å². The van der Waals surface area contributed by atoms with Gasteiger partial charge < -0.3 is 4.74 Å². The van der Waals surface area contributed by atoms with Crippen LogP contribution in [0.15, 0.2) is 0 Å². The molecule has 1 fully saturated rings. The first-order valence-electron chi connectivity index (χ1n) is 5.04. The number of nitrogens with zero attached hydrogens (tertiary/aromatic N) is 2. The fraction of sp³-hybridized carbons (Fsp3) is 0.900. The summed E-state index contributed by atoms with van der Waals surface area (Å²) in [6.45, 7) is 6.51. The smallest absolute Gasteiger partial charge is 0.0865 e. The number of rotatable bonds is 4. The minimum atomic E-state index is 0.563. The van der Waals surface area contributed by atoms with Crippen LogP contribution in [0, 0.1) is 17.2 Å². The van der Waals surface area contributed by atoms with E-state index in [-0.39, 0.29) is 0 Å². The van der Waals surface area contributed by atoms with E-state index in [4.69, 9.17) is 10.00 Å². The molecule has 0 bridgehead atoms. The molecule has 1 aliphatic rings. The van der Waals surface area contributed by atoms with Crippen molar-refractivity contribution in [1.82, 2.24) is 4.90 Å². The normalized spacial score (nSPS) is 18.8. The molecule has 74 valence electrons. The fourth-order valence-electron chi connectivity index (χ4n) is 1.70. The Kier molecular flexibility index (Phi) is 4.81. The molecule has 0 aliphatic carbocycles. The molecule has 1 saturated heterocycles. The molecule has 0 aromatic rings. The molecule has 0 amide bonds. The molecule has 0 aromatic heterocycles. The quantitative estimate of drug-likeness (QED) is 0.614. The number of hydrogen-bond donors (Lipinski definition) is 0. The zero-order valence-electron chi connectivity index (χ0n) is 8.33. The van der Waals surface area contributed by atoms with Gasteiger partial charge in [0.15, 0.2) is 0 Å². The van der Waals surface area contributed by atoms with Crippen molar-refractivity contribution >= 4 is 0 Å². The Morgan fingerprint density at radius 3 is 2.69 bits per heavy atom. The summed E-state index contributed by atoms with van der Waals surface area (Å²) in [5, 5.41) is 8.58. The second kappa shape index (κ2) is 5.95. The molecule has 1 rings (SSSR count). The van der Waals surface area contributed by atoms with Gasteiger partial charge >= 0.3 is 0 Å². The van der Waals surface area contributed by atoms with Crippen LogP contribution in [0.1, 0.15) is 19.8 Å². The molecule has 0 aromatic carbocycles. The Balaban J connectivity index is 2.23. The van der Waals surface area contributed by atoms with E-state index in [2.05, 4.69) is 17.9 Å². The summed E-state index contributed by atoms with van der Waals surface area (Å²) < 4.78 is 5.29. The standard InChI is InChI=1S/C10H18N2O/c1-2-12(6-5-11)9-10-3-7-13-8-4-10/h10H,2-4,6-9H2,1H3. The molecule has 1 heterocycles. The van der Waals surface area contributed by atoms with E-state index < -0.39 is 0 Å². The molecule has 3 nitrogen and oxygen atoms in total. The topological polar surface area (TPSA) is 36.3 Å². The SMILES string of the molecule is CCN(CC#N)CC1CCOCC1. The highest BCUT2D eigenvalue weighted by Gasteiger charge is 2.16. The van der Waals surface area contributed by atoms with Crippen LogP contribution < -0.4 is 0 Å². The molecule has 0 atom stereocenters. The number of nitriles is 1. The van der Waals surface area contributed by atoms with Crippen LogP contribution in [0.4, 0.5) is 0 Å². The van der Waals surface area contributed by atoms with Gasteiger partial charge in [-0.05, 0) is 25.3 Å². The lowest BCUT2D eigenvalue weighted by Crippen LogP contribution is -2.32. The number of hydrogen-bond acceptors (Lipinski definition) is 3. The van der Waals surface area contributed by atoms with Crippen molar-refractivity contribution < 1.29 is 4.74 Å². The largest absolute Gasteiger partial charge is 0.381 e. The van der Waals surface area contributed by atoms with Gasteiger partial charge in [0.1, 0.15) is 0 Å². The summed E-state index contributed by atoms with van der Waals surface area (Å²) in [6.07, 6.45) is 2.31. The van der Waals surface area contributed by atoms with Crippen molar-refractivity contribution in [2.45, 2.75) is 19.8 Å². The Bertz CT molecular complexity index is 170. The molecule has 0 saturated carbocycles. The first-order chi connectivity index (χ1) is 6.36. The Morgan fingerprint density at radius 1 is 1.46 bits per heavy atom. The van der Waals surface area contributed by atoms with E-state index in [1.165, 1.54) is 0 Å². The fourth-order valence-corrected chi connectivity index (χ4v) is 1.70. The van der Waals surface area contributed by atoms with Crippen LogP contribution in [0.5, 0.6) is 0 Å². The average molecular weight is 182 g/mol. The molecule has 3 heteroatoms. The summed E-state index contributed by atoms with van der Waals surface area (Å²) >= 11 is 0. The van der Waals surface area contributed by atoms with Gasteiger partial charge in [-0.3, -0.25) is 4.90 Å². The van der Waals surface area contributed by atoms with Crippen molar-refractivity contribution in [3.8, 4) is 6.07 Å². The summed E-state index contributed by atoms with van der Waals surface area (Å²) in [5.74, 6) is 0.738. The van der Waals surface area contributed by atoms with E-state index in [0.29, 0.717) is 6.54 Å². The predicted molar refractivity (Wildman–Crippen MR) is 51.3 cm³/mol. The third-order valence-electron chi connectivity index (χ3n) is 2.60. The van der Waals surface area contributed by atoms with Crippen molar-refractivity contribution in [1.29, 1.82) is 5.26 Å². The zero-order chi connectivity index (χ0) is 9.52. The first-order valence-corrected chi connectivity index (χ1v) is 5.04. The monoisotopic (exact) mass is 182 g/mol. The van der Waals surface area contributed by atoms with Gasteiger partial charge in [-0.15, -0.1) is 0 Å². The van der Waals surface area contributed by atoms with E-state index >= 15 is 0 Å². The summed E-state index contributed by atoms with van der Waals surface area (Å²) in [5.41, 5.74) is 0. The van der Waals surface area contributed by atoms with Gasteiger partial charge in [-0.1, -0.05) is 6.92 Å². The summed E-state index contributed by atoms with van der Waals surface area (Å²) in [4.78, 5) is 2.20. The molecular weight excluding hydrogens is 164 g/mol. The van der Waals surface area contributed by atoms with Crippen molar-refractivity contribution in [2.24, 2.45) is 5.92 Å². The molecule has 0 spiro atoms. The van der Waals surface area contributed by atoms with E-state index in [1.807, 2.05) is 0 Å². The zero-order valence-corrected chi connectivity index (χ0v) is 8.33. The molecule has 1 aliphatic heterocycles. The summed E-state index contributed by atoms with van der Waals surface area (Å²) in [7, 11) is 0.